The molecule has 130 valence electrons. The lowest BCUT2D eigenvalue weighted by molar-refractivity contribution is -0.140. The summed E-state index contributed by atoms with van der Waals surface area (Å²) in [5, 5.41) is 9.57. The molecule has 0 bridgehead atoms. The Morgan fingerprint density at radius 2 is 2.12 bits per heavy atom. The molecular weight excluding hydrogens is 332 g/mol. The Morgan fingerprint density at radius 1 is 1.38 bits per heavy atom. The minimum atomic E-state index is -3.62. The van der Waals surface area contributed by atoms with Crippen molar-refractivity contribution in [1.82, 2.24) is 10.5 Å². The van der Waals surface area contributed by atoms with Crippen LogP contribution < -0.4 is 5.48 Å². The molecule has 7 nitrogen and oxygen atoms in total. The highest BCUT2D eigenvalue weighted by Crippen LogP contribution is 2.15. The Labute approximate surface area is 140 Å². The summed E-state index contributed by atoms with van der Waals surface area (Å²) >= 11 is 0. The maximum atomic E-state index is 12.4. The zero-order chi connectivity index (χ0) is 17.6. The smallest absolute Gasteiger partial charge is 0.273 e. The van der Waals surface area contributed by atoms with Crippen molar-refractivity contribution in [3.63, 3.8) is 0 Å². The molecule has 0 fully saturated rings. The number of para-hydroxylation sites is 1. The van der Waals surface area contributed by atoms with E-state index in [0.717, 1.165) is 10.9 Å². The van der Waals surface area contributed by atoms with E-state index in [1.807, 2.05) is 31.2 Å². The van der Waals surface area contributed by atoms with Gasteiger partial charge in [-0.1, -0.05) is 25.1 Å². The van der Waals surface area contributed by atoms with Gasteiger partial charge in [-0.15, -0.1) is 0 Å². The van der Waals surface area contributed by atoms with Gasteiger partial charge in [-0.05, 0) is 24.1 Å². The summed E-state index contributed by atoms with van der Waals surface area (Å²) < 4.78 is 29.9. The van der Waals surface area contributed by atoms with Gasteiger partial charge in [-0.2, -0.15) is 0 Å². The predicted octanol–water partition coefficient (Wildman–Crippen LogP) is 1.45. The molecule has 2 aromatic rings. The van der Waals surface area contributed by atoms with E-state index in [2.05, 4.69) is 4.98 Å². The minimum Gasteiger partial charge on any atom is -0.367 e. The third kappa shape index (κ3) is 4.98. The van der Waals surface area contributed by atoms with Crippen molar-refractivity contribution < 1.29 is 23.2 Å². The van der Waals surface area contributed by atoms with Crippen molar-refractivity contribution in [1.29, 1.82) is 0 Å². The van der Waals surface area contributed by atoms with Crippen LogP contribution in [0.1, 0.15) is 18.9 Å². The van der Waals surface area contributed by atoms with Gasteiger partial charge < -0.3 is 4.74 Å². The molecule has 1 aromatic heterocycles. The van der Waals surface area contributed by atoms with Crippen molar-refractivity contribution in [3.05, 3.63) is 42.1 Å². The van der Waals surface area contributed by atoms with Crippen LogP contribution in [0.15, 0.2) is 36.5 Å². The van der Waals surface area contributed by atoms with Gasteiger partial charge in [0.1, 0.15) is 0 Å². The second-order valence-corrected chi connectivity index (χ2v) is 7.54. The van der Waals surface area contributed by atoms with E-state index in [0.29, 0.717) is 12.0 Å². The summed E-state index contributed by atoms with van der Waals surface area (Å²) in [4.78, 5) is 15.8. The van der Waals surface area contributed by atoms with Gasteiger partial charge in [0.2, 0.25) is 0 Å². The fraction of sp³-hybridized carbons (Fsp3) is 0.375. The second-order valence-electron chi connectivity index (χ2n) is 5.43. The van der Waals surface area contributed by atoms with E-state index in [-0.39, 0.29) is 12.4 Å². The Bertz CT molecular complexity index is 807. The number of benzene rings is 1. The number of ether oxygens (including phenoxy) is 1. The van der Waals surface area contributed by atoms with Crippen LogP contribution in [0.4, 0.5) is 0 Å². The quantitative estimate of drug-likeness (QED) is 0.550. The number of nitrogens with zero attached hydrogens (tertiary/aromatic N) is 1. The minimum absolute atomic E-state index is 0.227. The number of hydrogen-bond acceptors (Lipinski definition) is 6. The zero-order valence-corrected chi connectivity index (χ0v) is 14.1. The third-order valence-corrected chi connectivity index (χ3v) is 4.95. The van der Waals surface area contributed by atoms with Crippen LogP contribution in [0.2, 0.25) is 0 Å². The molecule has 0 spiro atoms. The SMILES string of the molecule is CCCOC(CS(=O)(=O)Cc1cnc2ccccc2c1)C(=O)NO. The molecule has 1 unspecified atom stereocenters. The number of sulfone groups is 1. The zero-order valence-electron chi connectivity index (χ0n) is 13.3. The summed E-state index contributed by atoms with van der Waals surface area (Å²) in [7, 11) is -3.62. The fourth-order valence-electron chi connectivity index (χ4n) is 2.27. The molecule has 1 heterocycles. The Hall–Kier alpha value is -2.03. The average Bonchev–Trinajstić information content (AvgIpc) is 2.57. The molecule has 24 heavy (non-hydrogen) atoms. The van der Waals surface area contributed by atoms with Gasteiger partial charge in [-0.3, -0.25) is 15.0 Å². The van der Waals surface area contributed by atoms with Crippen molar-refractivity contribution >= 4 is 26.6 Å². The molecule has 1 atom stereocenters. The molecule has 0 saturated carbocycles. The van der Waals surface area contributed by atoms with Crippen LogP contribution >= 0.6 is 0 Å². The molecule has 0 aliphatic rings. The normalized spacial score (nSPS) is 12.9. The summed E-state index contributed by atoms with van der Waals surface area (Å²) in [5.74, 6) is -1.63. The van der Waals surface area contributed by atoms with Crippen molar-refractivity contribution in [2.24, 2.45) is 0 Å². The Kier molecular flexibility index (Phi) is 6.24. The van der Waals surface area contributed by atoms with E-state index in [9.17, 15) is 13.2 Å². The highest BCUT2D eigenvalue weighted by molar-refractivity contribution is 7.90. The second kappa shape index (κ2) is 8.18. The number of aromatic nitrogens is 1. The van der Waals surface area contributed by atoms with Gasteiger partial charge in [0.15, 0.2) is 15.9 Å². The fourth-order valence-corrected chi connectivity index (χ4v) is 3.76. The van der Waals surface area contributed by atoms with Crippen molar-refractivity contribution in [3.8, 4) is 0 Å². The van der Waals surface area contributed by atoms with Crippen LogP contribution in [-0.2, 0) is 25.1 Å². The number of hydrogen-bond donors (Lipinski definition) is 2. The van der Waals surface area contributed by atoms with Gasteiger partial charge in [0, 0.05) is 18.2 Å². The largest absolute Gasteiger partial charge is 0.367 e. The molecular formula is C16H20N2O5S. The molecule has 2 rings (SSSR count). The summed E-state index contributed by atoms with van der Waals surface area (Å²) in [6.45, 7) is 2.06. The van der Waals surface area contributed by atoms with Crippen LogP contribution in [0.3, 0.4) is 0 Å². The van der Waals surface area contributed by atoms with Crippen molar-refractivity contribution in [2.75, 3.05) is 12.4 Å². The van der Waals surface area contributed by atoms with E-state index in [1.54, 1.807) is 6.07 Å². The topological polar surface area (TPSA) is 106 Å². The molecule has 0 aliphatic heterocycles. The first-order chi connectivity index (χ1) is 11.4. The first-order valence-corrected chi connectivity index (χ1v) is 9.37. The van der Waals surface area contributed by atoms with E-state index in [4.69, 9.17) is 9.94 Å². The highest BCUT2D eigenvalue weighted by atomic mass is 32.2. The first-order valence-electron chi connectivity index (χ1n) is 7.55. The molecule has 0 aliphatic carbocycles. The van der Waals surface area contributed by atoms with E-state index < -0.39 is 27.6 Å². The van der Waals surface area contributed by atoms with Gasteiger partial charge in [0.05, 0.1) is 17.0 Å². The number of carbonyl (C=O) groups is 1. The Balaban J connectivity index is 2.14. The molecule has 0 saturated heterocycles. The van der Waals surface area contributed by atoms with Crippen LogP contribution in [-0.4, -0.2) is 43.0 Å². The van der Waals surface area contributed by atoms with Crippen LogP contribution in [0.25, 0.3) is 10.9 Å². The van der Waals surface area contributed by atoms with Gasteiger partial charge in [-0.25, -0.2) is 13.9 Å². The molecule has 8 heteroatoms. The van der Waals surface area contributed by atoms with Crippen LogP contribution in [0, 0.1) is 0 Å². The van der Waals surface area contributed by atoms with E-state index in [1.165, 1.54) is 11.7 Å². The first kappa shape index (κ1) is 18.3. The number of carbonyl (C=O) groups excluding carboxylic acids is 1. The average molecular weight is 352 g/mol. The number of hydroxylamine groups is 1. The number of rotatable bonds is 8. The highest BCUT2D eigenvalue weighted by Gasteiger charge is 2.26. The number of fused-ring (bicyclic) bond motifs is 1. The van der Waals surface area contributed by atoms with Crippen LogP contribution in [0.5, 0.6) is 0 Å². The van der Waals surface area contributed by atoms with Gasteiger partial charge >= 0.3 is 0 Å². The lowest BCUT2D eigenvalue weighted by atomic mass is 10.2. The monoisotopic (exact) mass is 352 g/mol. The number of pyridine rings is 1. The molecule has 1 aromatic carbocycles. The third-order valence-electron chi connectivity index (χ3n) is 3.36. The lowest BCUT2D eigenvalue weighted by Crippen LogP contribution is -2.40. The molecule has 1 amide bonds. The predicted molar refractivity (Wildman–Crippen MR) is 89.2 cm³/mol. The lowest BCUT2D eigenvalue weighted by Gasteiger charge is -2.15. The number of amides is 1. The maximum absolute atomic E-state index is 12.4. The standard InChI is InChI=1S/C16H20N2O5S/c1-2-7-23-15(16(19)18-20)11-24(21,22)10-12-8-13-5-3-4-6-14(13)17-9-12/h3-6,8-9,15,20H,2,7,10-11H2,1H3,(H,18,19). The maximum Gasteiger partial charge on any atom is 0.273 e. The molecule has 0 radical (unpaired) electrons. The van der Waals surface area contributed by atoms with Gasteiger partial charge in [0.25, 0.3) is 5.91 Å². The summed E-state index contributed by atoms with van der Waals surface area (Å²) in [5.41, 5.74) is 2.76. The Morgan fingerprint density at radius 3 is 2.83 bits per heavy atom. The van der Waals surface area contributed by atoms with Crippen molar-refractivity contribution in [2.45, 2.75) is 25.2 Å². The summed E-state index contributed by atoms with van der Waals surface area (Å²) in [6, 6.07) is 9.16. The molecule has 2 N–H and O–H groups in total. The number of nitrogens with one attached hydrogen (secondary N) is 1. The summed E-state index contributed by atoms with van der Waals surface area (Å²) in [6.07, 6.45) is 0.894. The van der Waals surface area contributed by atoms with E-state index >= 15 is 0 Å².